The number of aliphatic hydroxyl groups is 1. The molecule has 0 bridgehead atoms. The van der Waals surface area contributed by atoms with Gasteiger partial charge in [-0.1, -0.05) is 25.5 Å². The summed E-state index contributed by atoms with van der Waals surface area (Å²) in [5.41, 5.74) is -0.0135. The quantitative estimate of drug-likeness (QED) is 0.875. The van der Waals surface area contributed by atoms with E-state index < -0.39 is 5.60 Å². The third kappa shape index (κ3) is 4.02. The van der Waals surface area contributed by atoms with Crippen LogP contribution in [0.25, 0.3) is 0 Å². The van der Waals surface area contributed by atoms with Crippen molar-refractivity contribution in [2.24, 2.45) is 0 Å². The minimum absolute atomic E-state index is 0.207. The van der Waals surface area contributed by atoms with E-state index in [9.17, 15) is 9.50 Å². The lowest BCUT2D eigenvalue weighted by Crippen LogP contribution is -2.15. The highest BCUT2D eigenvalue weighted by molar-refractivity contribution is 7.11. The number of para-hydroxylation sites is 1. The summed E-state index contributed by atoms with van der Waals surface area (Å²) in [7, 11) is 0. The second-order valence-corrected chi connectivity index (χ2v) is 6.50. The topological polar surface area (TPSA) is 42.4 Å². The third-order valence-electron chi connectivity index (χ3n) is 2.97. The fraction of sp³-hybridized carbons (Fsp3) is 0.438. The Labute approximate surface area is 128 Å². The van der Waals surface area contributed by atoms with E-state index in [1.165, 1.54) is 17.4 Å². The molecule has 0 aliphatic carbocycles. The molecule has 1 aromatic heterocycles. The van der Waals surface area contributed by atoms with Crippen molar-refractivity contribution in [1.82, 2.24) is 4.98 Å². The number of aryl methyl sites for hydroxylation is 1. The van der Waals surface area contributed by atoms with Gasteiger partial charge >= 0.3 is 0 Å². The zero-order chi connectivity index (χ0) is 15.5. The van der Waals surface area contributed by atoms with Crippen molar-refractivity contribution in [2.45, 2.75) is 45.8 Å². The summed E-state index contributed by atoms with van der Waals surface area (Å²) >= 11 is 1.42. The van der Waals surface area contributed by atoms with Gasteiger partial charge in [0.25, 0.3) is 0 Å². The minimum Gasteiger partial charge on any atom is -0.483 e. The van der Waals surface area contributed by atoms with Gasteiger partial charge in [0.05, 0.1) is 16.2 Å². The second-order valence-electron chi connectivity index (χ2n) is 5.41. The third-order valence-corrected chi connectivity index (χ3v) is 4.36. The van der Waals surface area contributed by atoms with E-state index in [1.807, 2.05) is 0 Å². The van der Waals surface area contributed by atoms with Gasteiger partial charge in [-0.25, -0.2) is 9.37 Å². The SMILES string of the molecule is CCCc1nc(COc2ccccc2F)sc1C(C)(C)O. The molecule has 0 unspecified atom stereocenters. The predicted octanol–water partition coefficient (Wildman–Crippen LogP) is 4.04. The molecule has 1 heterocycles. The van der Waals surface area contributed by atoms with Gasteiger partial charge in [0.2, 0.25) is 0 Å². The van der Waals surface area contributed by atoms with Crippen LogP contribution < -0.4 is 4.74 Å². The zero-order valence-corrected chi connectivity index (χ0v) is 13.3. The largest absolute Gasteiger partial charge is 0.483 e. The number of benzene rings is 1. The summed E-state index contributed by atoms with van der Waals surface area (Å²) in [6.45, 7) is 5.78. The molecule has 21 heavy (non-hydrogen) atoms. The summed E-state index contributed by atoms with van der Waals surface area (Å²) in [5, 5.41) is 11.0. The molecular formula is C16H20FNO2S. The number of thiazole rings is 1. The summed E-state index contributed by atoms with van der Waals surface area (Å²) in [6.07, 6.45) is 1.77. The average molecular weight is 309 g/mol. The first-order valence-corrected chi connectivity index (χ1v) is 7.82. The highest BCUT2D eigenvalue weighted by Crippen LogP contribution is 2.31. The monoisotopic (exact) mass is 309 g/mol. The van der Waals surface area contributed by atoms with Crippen LogP contribution >= 0.6 is 11.3 Å². The maximum atomic E-state index is 13.5. The van der Waals surface area contributed by atoms with Gasteiger partial charge in [-0.15, -0.1) is 11.3 Å². The standard InChI is InChI=1S/C16H20FNO2S/c1-4-7-12-15(16(2,3)19)21-14(18-12)10-20-13-9-6-5-8-11(13)17/h5-6,8-9,19H,4,7,10H2,1-3H3. The van der Waals surface area contributed by atoms with Gasteiger partial charge in [-0.3, -0.25) is 0 Å². The lowest BCUT2D eigenvalue weighted by Gasteiger charge is -2.16. The van der Waals surface area contributed by atoms with Crippen LogP contribution in [-0.2, 0) is 18.6 Å². The number of nitrogens with zero attached hydrogens (tertiary/aromatic N) is 1. The molecule has 0 amide bonds. The van der Waals surface area contributed by atoms with Crippen LogP contribution in [-0.4, -0.2) is 10.1 Å². The van der Waals surface area contributed by atoms with Gasteiger partial charge < -0.3 is 9.84 Å². The summed E-state index contributed by atoms with van der Waals surface area (Å²) in [5.74, 6) is -0.167. The molecule has 0 aliphatic rings. The van der Waals surface area contributed by atoms with Crippen molar-refractivity contribution in [2.75, 3.05) is 0 Å². The molecule has 0 atom stereocenters. The Morgan fingerprint density at radius 2 is 2.05 bits per heavy atom. The first kappa shape index (κ1) is 15.9. The number of aromatic nitrogens is 1. The van der Waals surface area contributed by atoms with E-state index in [4.69, 9.17) is 4.74 Å². The number of halogens is 1. The molecule has 114 valence electrons. The highest BCUT2D eigenvalue weighted by Gasteiger charge is 2.24. The molecule has 0 saturated carbocycles. The first-order valence-electron chi connectivity index (χ1n) is 7.00. The van der Waals surface area contributed by atoms with Gasteiger partial charge in [0.1, 0.15) is 11.6 Å². The molecule has 0 saturated heterocycles. The minimum atomic E-state index is -0.918. The maximum absolute atomic E-state index is 13.5. The van der Waals surface area contributed by atoms with Gasteiger partial charge in [-0.2, -0.15) is 0 Å². The lowest BCUT2D eigenvalue weighted by atomic mass is 10.0. The van der Waals surface area contributed by atoms with Crippen LogP contribution in [0.5, 0.6) is 5.75 Å². The van der Waals surface area contributed by atoms with Crippen molar-refractivity contribution in [1.29, 1.82) is 0 Å². The van der Waals surface area contributed by atoms with E-state index in [2.05, 4.69) is 11.9 Å². The van der Waals surface area contributed by atoms with E-state index in [0.717, 1.165) is 28.4 Å². The molecule has 0 aliphatic heterocycles. The molecule has 5 heteroatoms. The smallest absolute Gasteiger partial charge is 0.165 e. The lowest BCUT2D eigenvalue weighted by molar-refractivity contribution is 0.0813. The highest BCUT2D eigenvalue weighted by atomic mass is 32.1. The fourth-order valence-corrected chi connectivity index (χ4v) is 3.07. The van der Waals surface area contributed by atoms with Crippen LogP contribution in [0.15, 0.2) is 24.3 Å². The second kappa shape index (κ2) is 6.54. The number of ether oxygens (including phenoxy) is 1. The van der Waals surface area contributed by atoms with Gasteiger partial charge in [0, 0.05) is 0 Å². The van der Waals surface area contributed by atoms with Crippen molar-refractivity contribution in [3.63, 3.8) is 0 Å². The van der Waals surface area contributed by atoms with Crippen molar-refractivity contribution in [3.8, 4) is 5.75 Å². The molecule has 3 nitrogen and oxygen atoms in total. The fourth-order valence-electron chi connectivity index (χ4n) is 2.05. The van der Waals surface area contributed by atoms with E-state index in [-0.39, 0.29) is 18.2 Å². The summed E-state index contributed by atoms with van der Waals surface area (Å²) in [4.78, 5) is 5.38. The van der Waals surface area contributed by atoms with Crippen LogP contribution in [0, 0.1) is 5.82 Å². The predicted molar refractivity (Wildman–Crippen MR) is 82.1 cm³/mol. The molecule has 2 rings (SSSR count). The Balaban J connectivity index is 2.16. The Hall–Kier alpha value is -1.46. The Morgan fingerprint density at radius 3 is 2.67 bits per heavy atom. The van der Waals surface area contributed by atoms with E-state index in [1.54, 1.807) is 32.0 Å². The van der Waals surface area contributed by atoms with Crippen LogP contribution in [0.4, 0.5) is 4.39 Å². The average Bonchev–Trinajstić information content (AvgIpc) is 2.81. The van der Waals surface area contributed by atoms with Crippen LogP contribution in [0.1, 0.15) is 42.8 Å². The number of hydrogen-bond donors (Lipinski definition) is 1. The molecule has 1 aromatic carbocycles. The Morgan fingerprint density at radius 1 is 1.33 bits per heavy atom. The number of rotatable bonds is 6. The number of hydrogen-bond acceptors (Lipinski definition) is 4. The Bertz CT molecular complexity index is 605. The van der Waals surface area contributed by atoms with Crippen molar-refractivity contribution >= 4 is 11.3 Å². The Kier molecular flexibility index (Phi) is 4.96. The zero-order valence-electron chi connectivity index (χ0n) is 12.5. The van der Waals surface area contributed by atoms with Gasteiger partial charge in [0.15, 0.2) is 11.6 Å². The molecule has 0 radical (unpaired) electrons. The van der Waals surface area contributed by atoms with E-state index in [0.29, 0.717) is 0 Å². The molecule has 1 N–H and O–H groups in total. The van der Waals surface area contributed by atoms with E-state index >= 15 is 0 Å². The molecule has 2 aromatic rings. The molecular weight excluding hydrogens is 289 g/mol. The van der Waals surface area contributed by atoms with Crippen molar-refractivity contribution < 1.29 is 14.2 Å². The normalized spacial score (nSPS) is 11.7. The van der Waals surface area contributed by atoms with Crippen LogP contribution in [0.2, 0.25) is 0 Å². The van der Waals surface area contributed by atoms with Crippen molar-refractivity contribution in [3.05, 3.63) is 45.7 Å². The van der Waals surface area contributed by atoms with Crippen LogP contribution in [0.3, 0.4) is 0 Å². The molecule has 0 spiro atoms. The molecule has 0 fully saturated rings. The summed E-state index contributed by atoms with van der Waals surface area (Å²) in [6, 6.07) is 6.30. The maximum Gasteiger partial charge on any atom is 0.165 e. The van der Waals surface area contributed by atoms with Gasteiger partial charge in [-0.05, 0) is 32.4 Å². The first-order chi connectivity index (χ1) is 9.91. The summed E-state index contributed by atoms with van der Waals surface area (Å²) < 4.78 is 19.0.